The van der Waals surface area contributed by atoms with Crippen LogP contribution in [0.4, 0.5) is 0 Å². The smallest absolute Gasteiger partial charge is 0.138 e. The Balaban J connectivity index is 1.31. The number of nitrogens with one attached hydrogen (secondary N) is 4. The van der Waals surface area contributed by atoms with Gasteiger partial charge in [-0.3, -0.25) is 5.41 Å². The Morgan fingerprint density at radius 1 is 0.622 bits per heavy atom. The van der Waals surface area contributed by atoms with E-state index in [1.165, 1.54) is 6.21 Å². The molecule has 3 aromatic heterocycles. The highest BCUT2D eigenvalue weighted by Crippen LogP contribution is 2.27. The Morgan fingerprint density at radius 2 is 1.19 bits per heavy atom. The number of benzene rings is 4. The number of hydrogen-bond donors (Lipinski definition) is 5. The Hall–Kier alpha value is -5.44. The zero-order chi connectivity index (χ0) is 25.1. The Kier molecular flexibility index (Phi) is 4.40. The number of aromatic amines is 2. The van der Waals surface area contributed by atoms with E-state index in [2.05, 4.69) is 9.97 Å². The zero-order valence-corrected chi connectivity index (χ0v) is 19.4. The van der Waals surface area contributed by atoms with Gasteiger partial charge in [0.2, 0.25) is 0 Å². The molecular weight excluding hydrogens is 462 g/mol. The standard InChI is InChI=1S/C28H19N9/c29-13-14-1-5-20-22(9-14)36-27(34-20)16-3-7-18-23(11-16)33-24-12-17(4-8-19(24)32-18)28-35-21-6-2-15(26(30)31)10-25(21)37-28/h1-13,29H,(H3,30,31)(H,34,36)(H,35,37). The lowest BCUT2D eigenvalue weighted by Gasteiger charge is -2.04. The van der Waals surface area contributed by atoms with Gasteiger partial charge in [0.05, 0.1) is 44.1 Å². The van der Waals surface area contributed by atoms with E-state index in [-0.39, 0.29) is 5.84 Å². The van der Waals surface area contributed by atoms with Gasteiger partial charge < -0.3 is 21.1 Å². The van der Waals surface area contributed by atoms with E-state index in [0.717, 1.165) is 66.6 Å². The maximum Gasteiger partial charge on any atom is 0.138 e. The number of aromatic nitrogens is 6. The summed E-state index contributed by atoms with van der Waals surface area (Å²) in [5.41, 5.74) is 15.3. The molecule has 0 saturated carbocycles. The van der Waals surface area contributed by atoms with Crippen molar-refractivity contribution < 1.29 is 0 Å². The van der Waals surface area contributed by atoms with Gasteiger partial charge in [-0.25, -0.2) is 19.9 Å². The Bertz CT molecular complexity index is 2050. The van der Waals surface area contributed by atoms with Gasteiger partial charge in [0, 0.05) is 22.9 Å². The van der Waals surface area contributed by atoms with E-state index in [1.807, 2.05) is 60.7 Å². The Labute approximate surface area is 209 Å². The van der Waals surface area contributed by atoms with Crippen molar-refractivity contribution >= 4 is 56.2 Å². The normalized spacial score (nSPS) is 11.6. The molecule has 0 radical (unpaired) electrons. The monoisotopic (exact) mass is 481 g/mol. The molecule has 7 rings (SSSR count). The minimum absolute atomic E-state index is 0.0115. The van der Waals surface area contributed by atoms with Crippen molar-refractivity contribution in [3.63, 3.8) is 0 Å². The molecule has 0 aliphatic rings. The fourth-order valence-electron chi connectivity index (χ4n) is 4.53. The van der Waals surface area contributed by atoms with Crippen molar-refractivity contribution in [3.05, 3.63) is 83.9 Å². The fourth-order valence-corrected chi connectivity index (χ4v) is 4.53. The van der Waals surface area contributed by atoms with Gasteiger partial charge in [0.1, 0.15) is 17.5 Å². The molecule has 7 aromatic rings. The van der Waals surface area contributed by atoms with E-state index < -0.39 is 0 Å². The first-order valence-corrected chi connectivity index (χ1v) is 11.6. The number of rotatable bonds is 4. The molecule has 9 nitrogen and oxygen atoms in total. The minimum atomic E-state index is 0.0115. The van der Waals surface area contributed by atoms with Crippen LogP contribution in [0.15, 0.2) is 72.8 Å². The van der Waals surface area contributed by atoms with Crippen molar-refractivity contribution in [1.29, 1.82) is 10.8 Å². The number of hydrogen-bond acceptors (Lipinski definition) is 6. The number of nitrogens with two attached hydrogens (primary N) is 1. The molecule has 0 unspecified atom stereocenters. The second-order valence-electron chi connectivity index (χ2n) is 8.87. The number of amidine groups is 1. The minimum Gasteiger partial charge on any atom is -0.384 e. The highest BCUT2D eigenvalue weighted by molar-refractivity contribution is 5.98. The fraction of sp³-hybridized carbons (Fsp3) is 0. The third kappa shape index (κ3) is 3.49. The Morgan fingerprint density at radius 3 is 1.78 bits per heavy atom. The summed E-state index contributed by atoms with van der Waals surface area (Å²) in [5, 5.41) is 15.1. The summed E-state index contributed by atoms with van der Waals surface area (Å²) < 4.78 is 0. The summed E-state index contributed by atoms with van der Waals surface area (Å²) in [6, 6.07) is 23.0. The molecule has 0 aliphatic heterocycles. The first kappa shape index (κ1) is 20.9. The molecule has 9 heteroatoms. The third-order valence-corrected chi connectivity index (χ3v) is 6.45. The molecule has 3 heterocycles. The van der Waals surface area contributed by atoms with Crippen LogP contribution in [-0.2, 0) is 0 Å². The number of nitrogens with zero attached hydrogens (tertiary/aromatic N) is 4. The summed E-state index contributed by atoms with van der Waals surface area (Å²) in [7, 11) is 0. The van der Waals surface area contributed by atoms with Crippen molar-refractivity contribution in [1.82, 2.24) is 29.9 Å². The molecule has 37 heavy (non-hydrogen) atoms. The van der Waals surface area contributed by atoms with E-state index >= 15 is 0 Å². The predicted molar refractivity (Wildman–Crippen MR) is 146 cm³/mol. The first-order valence-electron chi connectivity index (χ1n) is 11.6. The molecule has 0 bridgehead atoms. The SMILES string of the molecule is N=Cc1ccc2[nH]c(-c3ccc4nc5ccc(-c6nc7cc(C(=N)N)ccc7[nH]6)cc5nc4c3)nc2c1. The second-order valence-corrected chi connectivity index (χ2v) is 8.87. The summed E-state index contributed by atoms with van der Waals surface area (Å²) in [6.07, 6.45) is 1.31. The largest absolute Gasteiger partial charge is 0.384 e. The van der Waals surface area contributed by atoms with Crippen molar-refractivity contribution in [2.45, 2.75) is 0 Å². The lowest BCUT2D eigenvalue weighted by Crippen LogP contribution is -2.10. The summed E-state index contributed by atoms with van der Waals surface area (Å²) >= 11 is 0. The molecule has 0 aliphatic carbocycles. The van der Waals surface area contributed by atoms with Crippen molar-refractivity contribution in [2.24, 2.45) is 5.73 Å². The molecule has 0 atom stereocenters. The summed E-state index contributed by atoms with van der Waals surface area (Å²) in [5.74, 6) is 1.46. The molecule has 0 fully saturated rings. The molecule has 4 aromatic carbocycles. The van der Waals surface area contributed by atoms with Crippen LogP contribution in [0.25, 0.3) is 66.9 Å². The number of imidazole rings is 2. The van der Waals surface area contributed by atoms with Crippen LogP contribution in [0.5, 0.6) is 0 Å². The van der Waals surface area contributed by atoms with E-state index in [0.29, 0.717) is 11.4 Å². The lowest BCUT2D eigenvalue weighted by molar-refractivity contribution is 1.32. The van der Waals surface area contributed by atoms with Crippen LogP contribution >= 0.6 is 0 Å². The highest BCUT2D eigenvalue weighted by atomic mass is 14.9. The number of H-pyrrole nitrogens is 2. The molecule has 6 N–H and O–H groups in total. The highest BCUT2D eigenvalue weighted by Gasteiger charge is 2.11. The third-order valence-electron chi connectivity index (χ3n) is 6.45. The maximum absolute atomic E-state index is 7.66. The topological polar surface area (TPSA) is 157 Å². The van der Waals surface area contributed by atoms with Crippen LogP contribution < -0.4 is 5.73 Å². The van der Waals surface area contributed by atoms with E-state index in [1.54, 1.807) is 12.1 Å². The zero-order valence-electron chi connectivity index (χ0n) is 19.4. The van der Waals surface area contributed by atoms with Gasteiger partial charge >= 0.3 is 0 Å². The van der Waals surface area contributed by atoms with Gasteiger partial charge in [0.25, 0.3) is 0 Å². The van der Waals surface area contributed by atoms with Gasteiger partial charge in [-0.2, -0.15) is 0 Å². The van der Waals surface area contributed by atoms with Crippen LogP contribution in [0.2, 0.25) is 0 Å². The first-order chi connectivity index (χ1) is 18.0. The summed E-state index contributed by atoms with van der Waals surface area (Å²) in [6.45, 7) is 0. The average Bonchev–Trinajstić information content (AvgIpc) is 3.54. The van der Waals surface area contributed by atoms with Crippen molar-refractivity contribution in [3.8, 4) is 22.8 Å². The maximum atomic E-state index is 7.66. The quantitative estimate of drug-likeness (QED) is 0.133. The van der Waals surface area contributed by atoms with Crippen LogP contribution in [0.3, 0.4) is 0 Å². The predicted octanol–water partition coefficient (Wildman–Crippen LogP) is 5.15. The van der Waals surface area contributed by atoms with Crippen molar-refractivity contribution in [2.75, 3.05) is 0 Å². The molecule has 176 valence electrons. The summed E-state index contributed by atoms with van der Waals surface area (Å²) in [4.78, 5) is 25.8. The molecule has 0 saturated heterocycles. The molecule has 0 amide bonds. The average molecular weight is 482 g/mol. The van der Waals surface area contributed by atoms with Gasteiger partial charge in [0.15, 0.2) is 0 Å². The molecule has 0 spiro atoms. The van der Waals surface area contributed by atoms with Crippen LogP contribution in [-0.4, -0.2) is 42.0 Å². The van der Waals surface area contributed by atoms with E-state index in [4.69, 9.17) is 36.5 Å². The molecular formula is C28H19N9. The number of fused-ring (bicyclic) bond motifs is 4. The van der Waals surface area contributed by atoms with E-state index in [9.17, 15) is 0 Å². The van der Waals surface area contributed by atoms with Crippen LogP contribution in [0.1, 0.15) is 11.1 Å². The number of nitrogen functional groups attached to an aromatic ring is 1. The van der Waals surface area contributed by atoms with Gasteiger partial charge in [-0.15, -0.1) is 0 Å². The lowest BCUT2D eigenvalue weighted by atomic mass is 10.1. The van der Waals surface area contributed by atoms with Crippen LogP contribution in [0, 0.1) is 10.8 Å². The second kappa shape index (κ2) is 7.79. The van der Waals surface area contributed by atoms with Gasteiger partial charge in [-0.1, -0.05) is 6.07 Å². The van der Waals surface area contributed by atoms with Gasteiger partial charge in [-0.05, 0) is 72.3 Å².